The predicted octanol–water partition coefficient (Wildman–Crippen LogP) is -3.70. The molecule has 0 spiro atoms. The zero-order valence-electron chi connectivity index (χ0n) is 20.2. The SMILES string of the molecule is CC(C)C(N)C(=O)NC(CCCN=C(N)N)C(=O)NC(CC(=O)O)C(=O)NC(CCC(N)=O)C(=O)O. The lowest BCUT2D eigenvalue weighted by atomic mass is 10.0. The summed E-state index contributed by atoms with van der Waals surface area (Å²) in [5.41, 5.74) is 21.3. The Bertz CT molecular complexity index is 844. The molecule has 204 valence electrons. The molecule has 0 bridgehead atoms. The van der Waals surface area contributed by atoms with E-state index in [1.807, 2.05) is 0 Å². The number of nitrogens with two attached hydrogens (primary N) is 4. The highest BCUT2D eigenvalue weighted by Gasteiger charge is 2.31. The van der Waals surface area contributed by atoms with Crippen molar-refractivity contribution in [3.8, 4) is 0 Å². The summed E-state index contributed by atoms with van der Waals surface area (Å²) in [5, 5.41) is 25.2. The summed E-state index contributed by atoms with van der Waals surface area (Å²) < 4.78 is 0. The van der Waals surface area contributed by atoms with Gasteiger partial charge in [0.25, 0.3) is 0 Å². The number of aliphatic imine (C=N–C) groups is 1. The van der Waals surface area contributed by atoms with Gasteiger partial charge in [0.1, 0.15) is 18.1 Å². The van der Waals surface area contributed by atoms with Gasteiger partial charge >= 0.3 is 11.9 Å². The molecule has 0 aliphatic heterocycles. The fourth-order valence-electron chi connectivity index (χ4n) is 2.82. The standard InChI is InChI=1S/C20H36N8O8/c1-9(2)15(22)18(34)26-10(4-3-7-25-20(23)24)16(32)28-12(8-14(30)31)17(33)27-11(19(35)36)5-6-13(21)29/h9-12,15H,3-8,22H2,1-2H3,(H2,21,29)(H,26,34)(H,27,33)(H,28,32)(H,30,31)(H,35,36)(H4,23,24,25). The summed E-state index contributed by atoms with van der Waals surface area (Å²) in [7, 11) is 0. The molecule has 0 radical (unpaired) electrons. The first-order valence-electron chi connectivity index (χ1n) is 11.1. The minimum atomic E-state index is -1.69. The Kier molecular flexibility index (Phi) is 14.1. The Morgan fingerprint density at radius 1 is 0.806 bits per heavy atom. The Labute approximate surface area is 207 Å². The molecule has 4 unspecified atom stereocenters. The number of primary amides is 1. The number of carboxylic acids is 2. The van der Waals surface area contributed by atoms with E-state index in [9.17, 15) is 39.0 Å². The number of carboxylic acid groups (broad SMARTS) is 2. The monoisotopic (exact) mass is 516 g/mol. The van der Waals surface area contributed by atoms with E-state index in [0.717, 1.165) is 0 Å². The summed E-state index contributed by atoms with van der Waals surface area (Å²) in [5.74, 6) is -6.86. The number of rotatable bonds is 17. The van der Waals surface area contributed by atoms with Gasteiger partial charge in [-0.1, -0.05) is 13.8 Å². The predicted molar refractivity (Wildman–Crippen MR) is 127 cm³/mol. The highest BCUT2D eigenvalue weighted by molar-refractivity contribution is 5.95. The first-order chi connectivity index (χ1) is 16.6. The summed E-state index contributed by atoms with van der Waals surface area (Å²) in [6.45, 7) is 3.52. The average Bonchev–Trinajstić information content (AvgIpc) is 2.76. The highest BCUT2D eigenvalue weighted by atomic mass is 16.4. The van der Waals surface area contributed by atoms with Gasteiger partial charge in [-0.2, -0.15) is 0 Å². The van der Waals surface area contributed by atoms with Crippen LogP contribution in [-0.4, -0.2) is 82.5 Å². The third-order valence-electron chi connectivity index (χ3n) is 4.90. The molecule has 0 aliphatic rings. The second-order valence-corrected chi connectivity index (χ2v) is 8.34. The Morgan fingerprint density at radius 2 is 1.33 bits per heavy atom. The first-order valence-corrected chi connectivity index (χ1v) is 11.1. The summed E-state index contributed by atoms with van der Waals surface area (Å²) in [6.07, 6.45) is -1.35. The van der Waals surface area contributed by atoms with Gasteiger partial charge in [-0.05, 0) is 25.2 Å². The molecule has 0 saturated carbocycles. The van der Waals surface area contributed by atoms with Crippen LogP contribution in [0.1, 0.15) is 46.0 Å². The molecule has 4 atom stereocenters. The fraction of sp³-hybridized carbons (Fsp3) is 0.650. The number of nitrogens with one attached hydrogen (secondary N) is 3. The van der Waals surface area contributed by atoms with Crippen LogP contribution in [0.3, 0.4) is 0 Å². The van der Waals surface area contributed by atoms with Crippen LogP contribution in [0.15, 0.2) is 4.99 Å². The molecular formula is C20H36N8O8. The van der Waals surface area contributed by atoms with Crippen LogP contribution in [0, 0.1) is 5.92 Å². The van der Waals surface area contributed by atoms with Crippen molar-refractivity contribution in [3.05, 3.63) is 0 Å². The molecule has 16 nitrogen and oxygen atoms in total. The quantitative estimate of drug-likeness (QED) is 0.0514. The van der Waals surface area contributed by atoms with E-state index >= 15 is 0 Å². The van der Waals surface area contributed by atoms with E-state index in [-0.39, 0.29) is 44.1 Å². The van der Waals surface area contributed by atoms with Gasteiger partial charge in [-0.3, -0.25) is 29.0 Å². The van der Waals surface area contributed by atoms with Crippen LogP contribution in [-0.2, 0) is 28.8 Å². The molecule has 0 aliphatic carbocycles. The number of carbonyl (C=O) groups excluding carboxylic acids is 4. The maximum atomic E-state index is 12.9. The number of nitrogens with zero attached hydrogens (tertiary/aromatic N) is 1. The lowest BCUT2D eigenvalue weighted by molar-refractivity contribution is -0.144. The van der Waals surface area contributed by atoms with Crippen LogP contribution in [0.2, 0.25) is 0 Å². The van der Waals surface area contributed by atoms with Crippen LogP contribution in [0.4, 0.5) is 0 Å². The van der Waals surface area contributed by atoms with Gasteiger partial charge in [0.15, 0.2) is 5.96 Å². The lowest BCUT2D eigenvalue weighted by Crippen LogP contribution is -2.58. The van der Waals surface area contributed by atoms with E-state index in [0.29, 0.717) is 0 Å². The number of carbonyl (C=O) groups is 6. The van der Waals surface area contributed by atoms with Crippen LogP contribution >= 0.6 is 0 Å². The van der Waals surface area contributed by atoms with E-state index in [4.69, 9.17) is 22.9 Å². The smallest absolute Gasteiger partial charge is 0.326 e. The zero-order valence-corrected chi connectivity index (χ0v) is 20.2. The van der Waals surface area contributed by atoms with Gasteiger partial charge in [-0.25, -0.2) is 4.79 Å². The van der Waals surface area contributed by atoms with Gasteiger partial charge in [0.2, 0.25) is 23.6 Å². The Morgan fingerprint density at radius 3 is 1.81 bits per heavy atom. The third-order valence-corrected chi connectivity index (χ3v) is 4.90. The second kappa shape index (κ2) is 15.9. The molecule has 4 amide bonds. The molecule has 16 heteroatoms. The maximum Gasteiger partial charge on any atom is 0.326 e. The van der Waals surface area contributed by atoms with Crippen molar-refractivity contribution in [2.75, 3.05) is 6.54 Å². The van der Waals surface area contributed by atoms with E-state index in [1.54, 1.807) is 13.8 Å². The van der Waals surface area contributed by atoms with Crippen molar-refractivity contribution in [2.24, 2.45) is 33.8 Å². The third kappa shape index (κ3) is 13.1. The van der Waals surface area contributed by atoms with Gasteiger partial charge in [0.05, 0.1) is 12.5 Å². The Balaban J connectivity index is 5.63. The molecule has 0 aromatic rings. The molecule has 0 saturated heterocycles. The van der Waals surface area contributed by atoms with Crippen molar-refractivity contribution >= 4 is 41.5 Å². The molecule has 0 heterocycles. The minimum Gasteiger partial charge on any atom is -0.481 e. The number of aliphatic carboxylic acids is 2. The lowest BCUT2D eigenvalue weighted by Gasteiger charge is -2.25. The number of hydrogen-bond acceptors (Lipinski definition) is 8. The van der Waals surface area contributed by atoms with Crippen LogP contribution in [0.5, 0.6) is 0 Å². The topological polar surface area (TPSA) is 295 Å². The van der Waals surface area contributed by atoms with Gasteiger partial charge in [0, 0.05) is 13.0 Å². The second-order valence-electron chi connectivity index (χ2n) is 8.34. The Hall–Kier alpha value is -3.95. The largest absolute Gasteiger partial charge is 0.481 e. The first kappa shape index (κ1) is 32.0. The van der Waals surface area contributed by atoms with Gasteiger partial charge < -0.3 is 49.1 Å². The molecule has 0 fully saturated rings. The molecule has 0 rings (SSSR count). The molecule has 0 aromatic carbocycles. The van der Waals surface area contributed by atoms with Crippen molar-refractivity contribution in [1.29, 1.82) is 0 Å². The van der Waals surface area contributed by atoms with Gasteiger partial charge in [-0.15, -0.1) is 0 Å². The maximum absolute atomic E-state index is 12.9. The molecular weight excluding hydrogens is 480 g/mol. The summed E-state index contributed by atoms with van der Waals surface area (Å²) in [6, 6.07) is -5.43. The summed E-state index contributed by atoms with van der Waals surface area (Å²) >= 11 is 0. The van der Waals surface area contributed by atoms with Crippen LogP contribution in [0.25, 0.3) is 0 Å². The van der Waals surface area contributed by atoms with Crippen molar-refractivity contribution in [2.45, 2.75) is 70.1 Å². The van der Waals surface area contributed by atoms with Crippen molar-refractivity contribution in [1.82, 2.24) is 16.0 Å². The van der Waals surface area contributed by atoms with E-state index < -0.39 is 66.2 Å². The zero-order chi connectivity index (χ0) is 28.0. The minimum absolute atomic E-state index is 0.0109. The van der Waals surface area contributed by atoms with Crippen molar-refractivity contribution in [3.63, 3.8) is 0 Å². The molecule has 36 heavy (non-hydrogen) atoms. The number of amides is 4. The highest BCUT2D eigenvalue weighted by Crippen LogP contribution is 2.06. The fourth-order valence-corrected chi connectivity index (χ4v) is 2.82. The van der Waals surface area contributed by atoms with E-state index in [1.165, 1.54) is 0 Å². The normalized spacial score (nSPS) is 14.0. The average molecular weight is 517 g/mol. The number of guanidine groups is 1. The van der Waals surface area contributed by atoms with Crippen LogP contribution < -0.4 is 38.9 Å². The summed E-state index contributed by atoms with van der Waals surface area (Å²) in [4.78, 5) is 75.4. The van der Waals surface area contributed by atoms with Crippen molar-refractivity contribution < 1.29 is 39.0 Å². The molecule has 13 N–H and O–H groups in total. The van der Waals surface area contributed by atoms with E-state index in [2.05, 4.69) is 20.9 Å². The number of hydrogen-bond donors (Lipinski definition) is 9. The molecule has 0 aromatic heterocycles.